The molecule has 2 aromatic rings. The summed E-state index contributed by atoms with van der Waals surface area (Å²) in [5.74, 6) is 1.79. The average molecular weight is 377 g/mol. The van der Waals surface area contributed by atoms with Crippen LogP contribution in [0.4, 0.5) is 5.82 Å². The molecule has 2 fully saturated rings. The summed E-state index contributed by atoms with van der Waals surface area (Å²) in [6, 6.07) is 6.70. The van der Waals surface area contributed by atoms with Gasteiger partial charge in [-0.1, -0.05) is 44.6 Å². The molecular weight excluding hydrogens is 346 g/mol. The lowest BCUT2D eigenvalue weighted by molar-refractivity contribution is -0.495. The molecule has 2 saturated carbocycles. The van der Waals surface area contributed by atoms with E-state index in [1.807, 2.05) is 10.6 Å². The highest BCUT2D eigenvalue weighted by Gasteiger charge is 2.34. The quantitative estimate of drug-likeness (QED) is 0.756. The molecule has 4 nitrogen and oxygen atoms in total. The third-order valence-electron chi connectivity index (χ3n) is 6.04. The summed E-state index contributed by atoms with van der Waals surface area (Å²) in [4.78, 5) is 12.6. The van der Waals surface area contributed by atoms with E-state index in [0.29, 0.717) is 12.0 Å². The molecule has 0 unspecified atom stereocenters. The zero-order valence-electron chi connectivity index (χ0n) is 15.7. The van der Waals surface area contributed by atoms with E-state index in [0.717, 1.165) is 5.65 Å². The Morgan fingerprint density at radius 2 is 1.69 bits per heavy atom. The highest BCUT2D eigenvalue weighted by atomic mass is 35.5. The fourth-order valence-corrected chi connectivity index (χ4v) is 4.82. The normalized spacial score (nSPS) is 19.3. The second-order valence-electron chi connectivity index (χ2n) is 7.83. The Morgan fingerprint density at radius 1 is 1.04 bits per heavy atom. The van der Waals surface area contributed by atoms with E-state index < -0.39 is 0 Å². The number of nitrogens with zero attached hydrogens (tertiary/aromatic N) is 2. The molecule has 5 heteroatoms. The van der Waals surface area contributed by atoms with Crippen LogP contribution in [0.5, 0.6) is 0 Å². The lowest BCUT2D eigenvalue weighted by Crippen LogP contribution is -2.31. The Labute approximate surface area is 162 Å². The van der Waals surface area contributed by atoms with Crippen LogP contribution >= 0.6 is 12.4 Å². The predicted octanol–water partition coefficient (Wildman–Crippen LogP) is 5.10. The van der Waals surface area contributed by atoms with Gasteiger partial charge in [0.25, 0.3) is 11.7 Å². The summed E-state index contributed by atoms with van der Waals surface area (Å²) >= 11 is 0. The summed E-state index contributed by atoms with van der Waals surface area (Å²) in [6.45, 7) is 1.70. The van der Waals surface area contributed by atoms with Crippen molar-refractivity contribution in [3.05, 3.63) is 30.1 Å². The van der Waals surface area contributed by atoms with Crippen molar-refractivity contribution in [2.24, 2.45) is 0 Å². The number of fused-ring (bicyclic) bond motifs is 1. The van der Waals surface area contributed by atoms with E-state index in [1.54, 1.807) is 6.92 Å². The van der Waals surface area contributed by atoms with E-state index in [4.69, 9.17) is 0 Å². The predicted molar refractivity (Wildman–Crippen MR) is 107 cm³/mol. The van der Waals surface area contributed by atoms with Crippen molar-refractivity contribution in [3.8, 4) is 0 Å². The monoisotopic (exact) mass is 376 g/mol. The van der Waals surface area contributed by atoms with Crippen LogP contribution in [0.3, 0.4) is 0 Å². The lowest BCUT2D eigenvalue weighted by atomic mass is 9.86. The van der Waals surface area contributed by atoms with E-state index in [-0.39, 0.29) is 18.3 Å². The molecular formula is C21H31ClN3O+. The maximum absolute atomic E-state index is 12.6. The highest BCUT2D eigenvalue weighted by Crippen LogP contribution is 2.37. The number of hydrogen-bond donors (Lipinski definition) is 1. The number of carbonyl (C=O) groups is 1. The number of hydrogen-bond acceptors (Lipinski definition) is 2. The molecule has 4 rings (SSSR count). The van der Waals surface area contributed by atoms with Gasteiger partial charge in [0.15, 0.2) is 5.69 Å². The summed E-state index contributed by atoms with van der Waals surface area (Å²) in [5.41, 5.74) is 2.22. The number of aromatic nitrogens is 2. The van der Waals surface area contributed by atoms with Gasteiger partial charge in [-0.15, -0.1) is 12.4 Å². The summed E-state index contributed by atoms with van der Waals surface area (Å²) < 4.78 is 4.18. The SMILES string of the molecule is CC(=O)n1c(C2CCCCC2)c(NC2CCCCC2)[n+]2ccccc12.Cl. The maximum Gasteiger partial charge on any atom is 0.284 e. The fraction of sp³-hybridized carbons (Fsp3) is 0.619. The molecule has 0 atom stereocenters. The first-order valence-electron chi connectivity index (χ1n) is 10.1. The minimum Gasteiger partial charge on any atom is -0.300 e. The Bertz CT molecular complexity index is 758. The molecule has 2 heterocycles. The van der Waals surface area contributed by atoms with E-state index >= 15 is 0 Å². The van der Waals surface area contributed by atoms with Crippen molar-refractivity contribution in [2.75, 3.05) is 5.32 Å². The highest BCUT2D eigenvalue weighted by molar-refractivity contribution is 5.85. The summed E-state index contributed by atoms with van der Waals surface area (Å²) in [5, 5.41) is 3.85. The number of nitrogens with one attached hydrogen (secondary N) is 1. The molecule has 142 valence electrons. The second-order valence-corrected chi connectivity index (χ2v) is 7.83. The molecule has 0 amide bonds. The summed E-state index contributed by atoms with van der Waals surface area (Å²) in [6.07, 6.45) is 14.8. The van der Waals surface area contributed by atoms with Gasteiger partial charge in [0.05, 0.1) is 12.2 Å². The molecule has 0 bridgehead atoms. The van der Waals surface area contributed by atoms with Crippen LogP contribution in [-0.2, 0) is 0 Å². The van der Waals surface area contributed by atoms with Crippen molar-refractivity contribution < 1.29 is 9.20 Å². The van der Waals surface area contributed by atoms with Gasteiger partial charge >= 0.3 is 0 Å². The van der Waals surface area contributed by atoms with Crippen LogP contribution in [0, 0.1) is 0 Å². The Morgan fingerprint density at radius 3 is 2.35 bits per heavy atom. The third kappa shape index (κ3) is 3.62. The molecule has 0 radical (unpaired) electrons. The topological polar surface area (TPSA) is 38.1 Å². The third-order valence-corrected chi connectivity index (χ3v) is 6.04. The van der Waals surface area contributed by atoms with E-state index in [2.05, 4.69) is 28.0 Å². The first kappa shape index (κ1) is 19.2. The Kier molecular flexibility index (Phi) is 6.23. The molecule has 2 aliphatic rings. The number of halogens is 1. The van der Waals surface area contributed by atoms with Crippen molar-refractivity contribution >= 4 is 29.8 Å². The zero-order valence-corrected chi connectivity index (χ0v) is 16.6. The average Bonchev–Trinajstić information content (AvgIpc) is 2.98. The molecule has 2 aromatic heterocycles. The van der Waals surface area contributed by atoms with Gasteiger partial charge in [0.1, 0.15) is 0 Å². The molecule has 26 heavy (non-hydrogen) atoms. The van der Waals surface area contributed by atoms with Crippen molar-refractivity contribution in [1.82, 2.24) is 4.57 Å². The van der Waals surface area contributed by atoms with E-state index in [9.17, 15) is 4.79 Å². The number of carbonyl (C=O) groups excluding carboxylic acids is 1. The second kappa shape index (κ2) is 8.43. The van der Waals surface area contributed by atoms with Gasteiger partial charge < -0.3 is 0 Å². The molecule has 0 aromatic carbocycles. The number of pyridine rings is 1. The van der Waals surface area contributed by atoms with Crippen molar-refractivity contribution in [2.45, 2.75) is 83.1 Å². The van der Waals surface area contributed by atoms with E-state index in [1.165, 1.54) is 75.7 Å². The first-order valence-corrected chi connectivity index (χ1v) is 10.1. The van der Waals surface area contributed by atoms with Crippen LogP contribution in [0.1, 0.15) is 87.5 Å². The molecule has 2 aliphatic carbocycles. The van der Waals surface area contributed by atoms with Gasteiger partial charge in [-0.25, -0.2) is 4.40 Å². The minimum absolute atomic E-state index is 0. The minimum atomic E-state index is 0. The van der Waals surface area contributed by atoms with Crippen LogP contribution in [-0.4, -0.2) is 16.5 Å². The maximum atomic E-state index is 12.6. The van der Waals surface area contributed by atoms with Crippen molar-refractivity contribution in [1.29, 1.82) is 0 Å². The zero-order chi connectivity index (χ0) is 17.2. The smallest absolute Gasteiger partial charge is 0.284 e. The Balaban J connectivity index is 0.00000196. The van der Waals surface area contributed by atoms with Gasteiger partial charge in [-0.05, 0) is 31.7 Å². The van der Waals surface area contributed by atoms with Crippen LogP contribution < -0.4 is 9.72 Å². The van der Waals surface area contributed by atoms with Gasteiger partial charge in [-0.2, -0.15) is 4.57 Å². The lowest BCUT2D eigenvalue weighted by Gasteiger charge is -2.23. The standard InChI is InChI=1S/C21H30N3O.ClH/c1-16(25)24-19-14-8-9-15-23(19)21(22-18-12-6-3-7-13-18)20(24)17-10-4-2-5-11-17;/h8-9,14-15,17-18,22H,2-7,10-13H2,1H3;1H/q+1;. The number of imidazole rings is 1. The number of anilines is 1. The van der Waals surface area contributed by atoms with Gasteiger partial charge in [-0.3, -0.25) is 10.1 Å². The molecule has 0 saturated heterocycles. The summed E-state index contributed by atoms with van der Waals surface area (Å²) in [7, 11) is 0. The Hall–Kier alpha value is -1.55. The number of rotatable bonds is 3. The first-order chi connectivity index (χ1) is 12.3. The molecule has 0 aliphatic heterocycles. The van der Waals surface area contributed by atoms with Gasteiger partial charge in [0, 0.05) is 18.9 Å². The van der Waals surface area contributed by atoms with Crippen LogP contribution in [0.25, 0.3) is 5.65 Å². The van der Waals surface area contributed by atoms with Crippen LogP contribution in [0.15, 0.2) is 24.4 Å². The van der Waals surface area contributed by atoms with Crippen LogP contribution in [0.2, 0.25) is 0 Å². The van der Waals surface area contributed by atoms with Crippen molar-refractivity contribution in [3.63, 3.8) is 0 Å². The molecule has 1 N–H and O–H groups in total. The fourth-order valence-electron chi connectivity index (χ4n) is 4.82. The largest absolute Gasteiger partial charge is 0.300 e. The van der Waals surface area contributed by atoms with Gasteiger partial charge in [0.2, 0.25) is 5.65 Å². The molecule has 0 spiro atoms.